The predicted molar refractivity (Wildman–Crippen MR) is 118 cm³/mol. The summed E-state index contributed by atoms with van der Waals surface area (Å²) in [7, 11) is 0. The Labute approximate surface area is 184 Å². The van der Waals surface area contributed by atoms with Crippen molar-refractivity contribution in [3.05, 3.63) is 69.8 Å². The Bertz CT molecular complexity index is 1030. The van der Waals surface area contributed by atoms with Gasteiger partial charge in [-0.3, -0.25) is 24.5 Å². The van der Waals surface area contributed by atoms with Crippen molar-refractivity contribution < 1.29 is 19.3 Å². The summed E-state index contributed by atoms with van der Waals surface area (Å²) in [6, 6.07) is 12.1. The Morgan fingerprint density at radius 1 is 0.969 bits per heavy atom. The third-order valence-electron chi connectivity index (χ3n) is 5.05. The summed E-state index contributed by atoms with van der Waals surface area (Å²) in [5.74, 6) is -2.31. The Balaban J connectivity index is 1.57. The maximum absolute atomic E-state index is 12.7. The standard InChI is InChI=1S/C22H23N5O5/c28-20(24-16-6-2-1-3-7-16)18-8-4-5-9-19(18)25-21(29)22(30)26-23-14-15-10-12-17(13-11-15)27(31)32/h4-5,8-14,16H,1-3,6-7H2,(H,24,28)(H,25,29)(H,26,30). The second-order valence-electron chi connectivity index (χ2n) is 7.36. The van der Waals surface area contributed by atoms with Gasteiger partial charge in [0.25, 0.3) is 11.6 Å². The molecule has 3 N–H and O–H groups in total. The molecular formula is C22H23N5O5. The molecule has 3 amide bonds. The van der Waals surface area contributed by atoms with Crippen LogP contribution in [0.3, 0.4) is 0 Å². The van der Waals surface area contributed by atoms with Gasteiger partial charge in [-0.2, -0.15) is 5.10 Å². The van der Waals surface area contributed by atoms with Gasteiger partial charge in [0, 0.05) is 18.2 Å². The van der Waals surface area contributed by atoms with E-state index >= 15 is 0 Å². The average Bonchev–Trinajstić information content (AvgIpc) is 2.80. The molecule has 0 saturated heterocycles. The molecule has 0 atom stereocenters. The Kier molecular flexibility index (Phi) is 7.63. The topological polar surface area (TPSA) is 143 Å². The number of hydrazone groups is 1. The van der Waals surface area contributed by atoms with Gasteiger partial charge in [0.2, 0.25) is 0 Å². The highest BCUT2D eigenvalue weighted by Gasteiger charge is 2.20. The molecule has 3 rings (SSSR count). The normalized spacial score (nSPS) is 14.0. The van der Waals surface area contributed by atoms with Crippen LogP contribution in [0, 0.1) is 10.1 Å². The lowest BCUT2D eigenvalue weighted by atomic mass is 9.95. The monoisotopic (exact) mass is 437 g/mol. The molecule has 0 unspecified atom stereocenters. The number of anilines is 1. The molecule has 2 aromatic carbocycles. The minimum atomic E-state index is -1.02. The molecule has 10 heteroatoms. The van der Waals surface area contributed by atoms with E-state index in [0.717, 1.165) is 25.7 Å². The number of nitrogens with one attached hydrogen (secondary N) is 3. The molecule has 0 heterocycles. The molecule has 1 saturated carbocycles. The second kappa shape index (κ2) is 10.8. The van der Waals surface area contributed by atoms with Gasteiger partial charge in [-0.1, -0.05) is 31.4 Å². The van der Waals surface area contributed by atoms with Crippen LogP contribution in [-0.4, -0.2) is 34.9 Å². The number of para-hydroxylation sites is 1. The molecule has 32 heavy (non-hydrogen) atoms. The van der Waals surface area contributed by atoms with Crippen molar-refractivity contribution in [1.82, 2.24) is 10.7 Å². The van der Waals surface area contributed by atoms with E-state index in [4.69, 9.17) is 0 Å². The van der Waals surface area contributed by atoms with Crippen molar-refractivity contribution in [3.63, 3.8) is 0 Å². The van der Waals surface area contributed by atoms with Crippen LogP contribution in [0.15, 0.2) is 53.6 Å². The second-order valence-corrected chi connectivity index (χ2v) is 7.36. The first-order chi connectivity index (χ1) is 15.4. The van der Waals surface area contributed by atoms with Crippen LogP contribution >= 0.6 is 0 Å². The summed E-state index contributed by atoms with van der Waals surface area (Å²) >= 11 is 0. The highest BCUT2D eigenvalue weighted by atomic mass is 16.6. The molecule has 1 aliphatic carbocycles. The molecule has 0 bridgehead atoms. The van der Waals surface area contributed by atoms with Gasteiger partial charge in [0.05, 0.1) is 22.4 Å². The zero-order valence-electron chi connectivity index (χ0n) is 17.2. The number of nitrogens with zero attached hydrogens (tertiary/aromatic N) is 2. The van der Waals surface area contributed by atoms with E-state index in [9.17, 15) is 24.5 Å². The van der Waals surface area contributed by atoms with Gasteiger partial charge in [-0.05, 0) is 42.7 Å². The van der Waals surface area contributed by atoms with Gasteiger partial charge < -0.3 is 10.6 Å². The summed E-state index contributed by atoms with van der Waals surface area (Å²) in [6.45, 7) is 0. The minimum absolute atomic E-state index is 0.0725. The molecule has 0 aromatic heterocycles. The van der Waals surface area contributed by atoms with Crippen molar-refractivity contribution >= 4 is 35.3 Å². The number of amides is 3. The highest BCUT2D eigenvalue weighted by molar-refractivity contribution is 6.40. The number of rotatable bonds is 6. The fourth-order valence-electron chi connectivity index (χ4n) is 3.38. The van der Waals surface area contributed by atoms with Gasteiger partial charge >= 0.3 is 11.8 Å². The summed E-state index contributed by atoms with van der Waals surface area (Å²) in [5.41, 5.74) is 3.01. The van der Waals surface area contributed by atoms with Crippen LogP contribution in [0.2, 0.25) is 0 Å². The molecule has 166 valence electrons. The Morgan fingerprint density at radius 3 is 2.34 bits per heavy atom. The maximum atomic E-state index is 12.7. The van der Waals surface area contributed by atoms with E-state index in [0.29, 0.717) is 5.56 Å². The minimum Gasteiger partial charge on any atom is -0.349 e. The average molecular weight is 437 g/mol. The number of hydrogen-bond acceptors (Lipinski definition) is 6. The smallest absolute Gasteiger partial charge is 0.329 e. The number of non-ortho nitro benzene ring substituents is 1. The number of carbonyl (C=O) groups is 3. The first-order valence-corrected chi connectivity index (χ1v) is 10.2. The molecule has 2 aromatic rings. The third-order valence-corrected chi connectivity index (χ3v) is 5.05. The number of nitro groups is 1. The van der Waals surface area contributed by atoms with E-state index in [1.54, 1.807) is 24.3 Å². The molecule has 0 spiro atoms. The van der Waals surface area contributed by atoms with Crippen LogP contribution < -0.4 is 16.1 Å². The molecular weight excluding hydrogens is 414 g/mol. The van der Waals surface area contributed by atoms with Gasteiger partial charge in [-0.15, -0.1) is 0 Å². The van der Waals surface area contributed by atoms with Crippen LogP contribution in [-0.2, 0) is 9.59 Å². The molecule has 10 nitrogen and oxygen atoms in total. The summed E-state index contributed by atoms with van der Waals surface area (Å²) < 4.78 is 0. The number of nitro benzene ring substituents is 1. The van der Waals surface area contributed by atoms with E-state index in [1.807, 2.05) is 0 Å². The SMILES string of the molecule is O=C(NN=Cc1ccc([N+](=O)[O-])cc1)C(=O)Nc1ccccc1C(=O)NC1CCCCC1. The summed E-state index contributed by atoms with van der Waals surface area (Å²) in [4.78, 5) is 47.1. The predicted octanol–water partition coefficient (Wildman–Crippen LogP) is 2.75. The van der Waals surface area contributed by atoms with Crippen LogP contribution in [0.4, 0.5) is 11.4 Å². The van der Waals surface area contributed by atoms with E-state index in [-0.39, 0.29) is 28.9 Å². The van der Waals surface area contributed by atoms with E-state index in [1.165, 1.54) is 36.9 Å². The van der Waals surface area contributed by atoms with E-state index in [2.05, 4.69) is 21.2 Å². The van der Waals surface area contributed by atoms with Gasteiger partial charge in [-0.25, -0.2) is 5.43 Å². The zero-order valence-corrected chi connectivity index (χ0v) is 17.2. The third kappa shape index (κ3) is 6.21. The maximum Gasteiger partial charge on any atom is 0.329 e. The zero-order chi connectivity index (χ0) is 22.9. The van der Waals surface area contributed by atoms with Crippen LogP contribution in [0.25, 0.3) is 0 Å². The fraction of sp³-hybridized carbons (Fsp3) is 0.273. The fourth-order valence-corrected chi connectivity index (χ4v) is 3.38. The molecule has 0 aliphatic heterocycles. The summed E-state index contributed by atoms with van der Waals surface area (Å²) in [6.07, 6.45) is 6.42. The number of hydrogen-bond donors (Lipinski definition) is 3. The number of benzene rings is 2. The van der Waals surface area contributed by atoms with Crippen LogP contribution in [0.5, 0.6) is 0 Å². The Hall–Kier alpha value is -4.08. The molecule has 1 aliphatic rings. The lowest BCUT2D eigenvalue weighted by Gasteiger charge is -2.23. The highest BCUT2D eigenvalue weighted by Crippen LogP contribution is 2.20. The largest absolute Gasteiger partial charge is 0.349 e. The summed E-state index contributed by atoms with van der Waals surface area (Å²) in [5, 5.41) is 19.8. The first kappa shape index (κ1) is 22.6. The van der Waals surface area contributed by atoms with Crippen molar-refractivity contribution in [2.45, 2.75) is 38.1 Å². The lowest BCUT2D eigenvalue weighted by molar-refractivity contribution is -0.384. The van der Waals surface area contributed by atoms with Crippen molar-refractivity contribution in [1.29, 1.82) is 0 Å². The van der Waals surface area contributed by atoms with Crippen molar-refractivity contribution in [2.24, 2.45) is 5.10 Å². The molecule has 0 radical (unpaired) electrons. The van der Waals surface area contributed by atoms with Crippen LogP contribution in [0.1, 0.15) is 48.0 Å². The quantitative estimate of drug-likeness (QED) is 0.276. The van der Waals surface area contributed by atoms with Gasteiger partial charge in [0.15, 0.2) is 0 Å². The molecule has 1 fully saturated rings. The number of carbonyl (C=O) groups excluding carboxylic acids is 3. The van der Waals surface area contributed by atoms with Crippen molar-refractivity contribution in [3.8, 4) is 0 Å². The van der Waals surface area contributed by atoms with Crippen molar-refractivity contribution in [2.75, 3.05) is 5.32 Å². The lowest BCUT2D eigenvalue weighted by Crippen LogP contribution is -2.37. The van der Waals surface area contributed by atoms with E-state index < -0.39 is 16.7 Å². The first-order valence-electron chi connectivity index (χ1n) is 10.2. The Morgan fingerprint density at radius 2 is 1.66 bits per heavy atom. The van der Waals surface area contributed by atoms with Gasteiger partial charge in [0.1, 0.15) is 0 Å².